The molecule has 3 rings (SSSR count). The molecule has 3 aromatic rings. The van der Waals surface area contributed by atoms with E-state index in [0.717, 1.165) is 11.1 Å². The lowest BCUT2D eigenvalue weighted by atomic mass is 10.2. The number of sulfonamides is 1. The third-order valence-electron chi connectivity index (χ3n) is 4.97. The first kappa shape index (κ1) is 23.8. The molecule has 0 bridgehead atoms. The summed E-state index contributed by atoms with van der Waals surface area (Å²) in [5, 5.41) is 3.14. The van der Waals surface area contributed by atoms with Gasteiger partial charge in [0.15, 0.2) is 0 Å². The number of anilines is 1. The molecule has 0 spiro atoms. The Morgan fingerprint density at radius 2 is 1.78 bits per heavy atom. The van der Waals surface area contributed by atoms with Crippen LogP contribution in [0.25, 0.3) is 0 Å². The maximum absolute atomic E-state index is 13.5. The topological polar surface area (TPSA) is 75.7 Å². The van der Waals surface area contributed by atoms with Gasteiger partial charge in [-0.3, -0.25) is 4.79 Å². The number of methoxy groups -OCH3 is 1. The molecule has 1 amide bonds. The van der Waals surface area contributed by atoms with Gasteiger partial charge in [-0.2, -0.15) is 4.31 Å². The number of amides is 1. The maximum atomic E-state index is 13.5. The van der Waals surface area contributed by atoms with Crippen molar-refractivity contribution >= 4 is 33.2 Å². The summed E-state index contributed by atoms with van der Waals surface area (Å²) in [6, 6.07) is 18.9. The average Bonchev–Trinajstić information content (AvgIpc) is 2.79. The lowest BCUT2D eigenvalue weighted by Crippen LogP contribution is -2.31. The molecule has 0 aliphatic rings. The van der Waals surface area contributed by atoms with Crippen molar-refractivity contribution in [3.63, 3.8) is 0 Å². The van der Waals surface area contributed by atoms with Gasteiger partial charge in [-0.25, -0.2) is 8.42 Å². The Balaban J connectivity index is 1.94. The fraction of sp³-hybridized carbons (Fsp3) is 0.208. The third kappa shape index (κ3) is 5.30. The quantitative estimate of drug-likeness (QED) is 0.493. The molecular formula is C24H25ClN2O4S. The van der Waals surface area contributed by atoms with E-state index < -0.39 is 15.9 Å². The molecule has 0 fully saturated rings. The fourth-order valence-electron chi connectivity index (χ4n) is 3.23. The van der Waals surface area contributed by atoms with Crippen molar-refractivity contribution in [1.82, 2.24) is 4.31 Å². The molecule has 3 aromatic carbocycles. The van der Waals surface area contributed by atoms with Crippen LogP contribution in [0.5, 0.6) is 5.75 Å². The highest BCUT2D eigenvalue weighted by Crippen LogP contribution is 2.30. The average molecular weight is 473 g/mol. The van der Waals surface area contributed by atoms with E-state index in [0.29, 0.717) is 10.7 Å². The molecule has 32 heavy (non-hydrogen) atoms. The first-order valence-electron chi connectivity index (χ1n) is 10.1. The van der Waals surface area contributed by atoms with Gasteiger partial charge in [0.05, 0.1) is 17.8 Å². The first-order chi connectivity index (χ1) is 15.3. The van der Waals surface area contributed by atoms with Crippen LogP contribution in [-0.2, 0) is 16.6 Å². The summed E-state index contributed by atoms with van der Waals surface area (Å²) in [6.45, 7) is 4.13. The minimum atomic E-state index is -3.93. The zero-order chi connectivity index (χ0) is 23.3. The molecule has 1 N–H and O–H groups in total. The Morgan fingerprint density at radius 1 is 1.06 bits per heavy atom. The summed E-state index contributed by atoms with van der Waals surface area (Å²) in [7, 11) is -2.54. The first-order valence-corrected chi connectivity index (χ1v) is 11.9. The predicted molar refractivity (Wildman–Crippen MR) is 127 cm³/mol. The molecule has 0 aliphatic heterocycles. The Kier molecular flexibility index (Phi) is 7.56. The Hall–Kier alpha value is -2.87. The molecule has 0 radical (unpaired) electrons. The summed E-state index contributed by atoms with van der Waals surface area (Å²) in [6.07, 6.45) is 0. The predicted octanol–water partition coefficient (Wildman–Crippen LogP) is 5.12. The van der Waals surface area contributed by atoms with Gasteiger partial charge in [-0.1, -0.05) is 54.9 Å². The Bertz CT molecular complexity index is 1210. The number of ether oxygens (including phenoxy) is 1. The van der Waals surface area contributed by atoms with Crippen molar-refractivity contribution in [1.29, 1.82) is 0 Å². The van der Waals surface area contributed by atoms with Crippen LogP contribution in [0, 0.1) is 6.92 Å². The van der Waals surface area contributed by atoms with E-state index in [2.05, 4.69) is 5.32 Å². The van der Waals surface area contributed by atoms with Crippen LogP contribution in [0.3, 0.4) is 0 Å². The van der Waals surface area contributed by atoms with Gasteiger partial charge in [0, 0.05) is 18.7 Å². The highest BCUT2D eigenvalue weighted by atomic mass is 35.5. The summed E-state index contributed by atoms with van der Waals surface area (Å²) in [5.41, 5.74) is 2.45. The summed E-state index contributed by atoms with van der Waals surface area (Å²) in [4.78, 5) is 12.8. The Morgan fingerprint density at radius 3 is 2.41 bits per heavy atom. The number of nitrogens with one attached hydrogen (secondary N) is 1. The number of aryl methyl sites for hydroxylation is 1. The van der Waals surface area contributed by atoms with E-state index >= 15 is 0 Å². The number of carbonyl (C=O) groups excluding carboxylic acids is 1. The van der Waals surface area contributed by atoms with E-state index in [-0.39, 0.29) is 29.3 Å². The third-order valence-corrected chi connectivity index (χ3v) is 7.23. The smallest absolute Gasteiger partial charge is 0.255 e. The van der Waals surface area contributed by atoms with Crippen LogP contribution in [0.2, 0.25) is 5.02 Å². The van der Waals surface area contributed by atoms with Gasteiger partial charge in [0.2, 0.25) is 10.0 Å². The monoisotopic (exact) mass is 472 g/mol. The molecule has 0 atom stereocenters. The van der Waals surface area contributed by atoms with E-state index in [1.807, 2.05) is 43.3 Å². The highest BCUT2D eigenvalue weighted by Gasteiger charge is 2.28. The van der Waals surface area contributed by atoms with Crippen LogP contribution in [0.4, 0.5) is 5.69 Å². The standard InChI is InChI=1S/C24H25ClN2O4S/c1-4-27(16-18-8-6-5-7-9-18)32(29,30)23-15-19(11-13-22(23)31-3)24(28)26-21-12-10-17(2)14-20(21)25/h5-15H,4,16H2,1-3H3,(H,26,28). The molecule has 0 aromatic heterocycles. The van der Waals surface area contributed by atoms with Crippen molar-refractivity contribution in [3.8, 4) is 5.75 Å². The summed E-state index contributed by atoms with van der Waals surface area (Å²) in [5.74, 6) is -0.303. The second kappa shape index (κ2) is 10.2. The number of halogens is 1. The Labute approximate surface area is 193 Å². The van der Waals surface area contributed by atoms with Crippen molar-refractivity contribution < 1.29 is 17.9 Å². The summed E-state index contributed by atoms with van der Waals surface area (Å²) >= 11 is 6.21. The molecule has 168 valence electrons. The van der Waals surface area contributed by atoms with Crippen LogP contribution >= 0.6 is 11.6 Å². The minimum Gasteiger partial charge on any atom is -0.495 e. The number of nitrogens with zero attached hydrogens (tertiary/aromatic N) is 1. The van der Waals surface area contributed by atoms with Crippen LogP contribution in [-0.4, -0.2) is 32.3 Å². The van der Waals surface area contributed by atoms with Gasteiger partial charge in [-0.05, 0) is 48.4 Å². The molecule has 6 nitrogen and oxygen atoms in total. The van der Waals surface area contributed by atoms with Crippen LogP contribution in [0.15, 0.2) is 71.6 Å². The number of hydrogen-bond acceptors (Lipinski definition) is 4. The van der Waals surface area contributed by atoms with Crippen molar-refractivity contribution in [2.75, 3.05) is 19.0 Å². The van der Waals surface area contributed by atoms with Crippen molar-refractivity contribution in [3.05, 3.63) is 88.4 Å². The van der Waals surface area contributed by atoms with Gasteiger partial charge in [0.25, 0.3) is 5.91 Å². The molecule has 0 saturated carbocycles. The SMILES string of the molecule is CCN(Cc1ccccc1)S(=O)(=O)c1cc(C(=O)Nc2ccc(C)cc2Cl)ccc1OC. The summed E-state index contributed by atoms with van der Waals surface area (Å²) < 4.78 is 33.6. The molecular weight excluding hydrogens is 448 g/mol. The highest BCUT2D eigenvalue weighted by molar-refractivity contribution is 7.89. The number of benzene rings is 3. The molecule has 0 aliphatic carbocycles. The normalized spacial score (nSPS) is 11.4. The van der Waals surface area contributed by atoms with Gasteiger partial charge in [0.1, 0.15) is 10.6 Å². The molecule has 0 saturated heterocycles. The van der Waals surface area contributed by atoms with Gasteiger partial charge >= 0.3 is 0 Å². The lowest BCUT2D eigenvalue weighted by molar-refractivity contribution is 0.102. The van der Waals surface area contributed by atoms with Crippen LogP contribution < -0.4 is 10.1 Å². The lowest BCUT2D eigenvalue weighted by Gasteiger charge is -2.22. The second-order valence-electron chi connectivity index (χ2n) is 7.22. The molecule has 0 unspecified atom stereocenters. The van der Waals surface area contributed by atoms with E-state index in [4.69, 9.17) is 16.3 Å². The second-order valence-corrected chi connectivity index (χ2v) is 9.53. The van der Waals surface area contributed by atoms with Gasteiger partial charge < -0.3 is 10.1 Å². The molecule has 0 heterocycles. The minimum absolute atomic E-state index is 0.0690. The number of hydrogen-bond donors (Lipinski definition) is 1. The number of carbonyl (C=O) groups is 1. The van der Waals surface area contributed by atoms with E-state index in [1.54, 1.807) is 19.1 Å². The fourth-order valence-corrected chi connectivity index (χ4v) is 5.13. The maximum Gasteiger partial charge on any atom is 0.255 e. The molecule has 8 heteroatoms. The number of rotatable bonds is 8. The van der Waals surface area contributed by atoms with E-state index in [1.165, 1.54) is 29.6 Å². The van der Waals surface area contributed by atoms with Crippen LogP contribution in [0.1, 0.15) is 28.4 Å². The van der Waals surface area contributed by atoms with Crippen molar-refractivity contribution in [2.45, 2.75) is 25.3 Å². The largest absolute Gasteiger partial charge is 0.495 e. The van der Waals surface area contributed by atoms with Gasteiger partial charge in [-0.15, -0.1) is 0 Å². The zero-order valence-corrected chi connectivity index (χ0v) is 19.7. The van der Waals surface area contributed by atoms with E-state index in [9.17, 15) is 13.2 Å². The zero-order valence-electron chi connectivity index (χ0n) is 18.1. The van der Waals surface area contributed by atoms with Crippen molar-refractivity contribution in [2.24, 2.45) is 0 Å².